The predicted molar refractivity (Wildman–Crippen MR) is 124 cm³/mol. The van der Waals surface area contributed by atoms with Crippen LogP contribution in [0.3, 0.4) is 0 Å². The van der Waals surface area contributed by atoms with Gasteiger partial charge in [0.2, 0.25) is 0 Å². The van der Waals surface area contributed by atoms with E-state index < -0.39 is 18.7 Å². The first kappa shape index (κ1) is 17.9. The van der Waals surface area contributed by atoms with Crippen LogP contribution in [-0.2, 0) is 6.54 Å². The molecule has 1 amide bonds. The minimum Gasteiger partial charge on any atom is -0.364 e. The quantitative estimate of drug-likeness (QED) is 0.409. The van der Waals surface area contributed by atoms with Crippen molar-refractivity contribution in [2.45, 2.75) is 13.5 Å². The van der Waals surface area contributed by atoms with Gasteiger partial charge in [-0.15, -0.1) is 10.2 Å². The van der Waals surface area contributed by atoms with E-state index >= 15 is 0 Å². The second-order valence-corrected chi connectivity index (χ2v) is 7.57. The Morgan fingerprint density at radius 3 is 2.82 bits per heavy atom. The zero-order valence-electron chi connectivity index (χ0n) is 21.2. The molecule has 0 atom stereocenters. The van der Waals surface area contributed by atoms with Crippen LogP contribution in [0.25, 0.3) is 5.69 Å². The average Bonchev–Trinajstić information content (AvgIpc) is 3.20. The second-order valence-electron chi connectivity index (χ2n) is 7.57. The molecule has 12 heteroatoms. The number of rotatable bonds is 5. The van der Waals surface area contributed by atoms with E-state index in [4.69, 9.17) is 4.11 Å². The van der Waals surface area contributed by atoms with E-state index in [1.165, 1.54) is 18.2 Å². The highest BCUT2D eigenvalue weighted by molar-refractivity contribution is 5.99. The van der Waals surface area contributed by atoms with E-state index in [2.05, 4.69) is 35.9 Å². The first-order valence-electron chi connectivity index (χ1n) is 11.7. The van der Waals surface area contributed by atoms with Crippen molar-refractivity contribution in [1.29, 1.82) is 0 Å². The minimum atomic E-state index is -2.72. The maximum atomic E-state index is 13.2. The number of fused-ring (bicyclic) bond motifs is 3. The number of pyridine rings is 1. The molecule has 0 saturated heterocycles. The molecule has 0 fully saturated rings. The molecule has 1 aliphatic heterocycles. The molecule has 0 unspecified atom stereocenters. The number of halogens is 1. The summed E-state index contributed by atoms with van der Waals surface area (Å²) in [7, 11) is 1.90. The third kappa shape index (κ3) is 3.85. The Morgan fingerprint density at radius 2 is 2.03 bits per heavy atom. The SMILES string of the molecule is [2H]C([2H])([2H])NC(=O)c1nnc(Nc2ccc(F)cn2)cc1Nc1cccc2c1N(C)Cc1nc(C)nn1-2. The lowest BCUT2D eigenvalue weighted by Crippen LogP contribution is -2.27. The fourth-order valence-corrected chi connectivity index (χ4v) is 3.75. The largest absolute Gasteiger partial charge is 0.364 e. The Morgan fingerprint density at radius 1 is 1.15 bits per heavy atom. The number of nitrogens with one attached hydrogen (secondary N) is 3. The van der Waals surface area contributed by atoms with Gasteiger partial charge < -0.3 is 20.9 Å². The zero-order valence-corrected chi connectivity index (χ0v) is 18.2. The van der Waals surface area contributed by atoms with E-state index in [1.54, 1.807) is 4.68 Å². The third-order valence-electron chi connectivity index (χ3n) is 5.16. The van der Waals surface area contributed by atoms with Gasteiger partial charge in [-0.3, -0.25) is 4.79 Å². The van der Waals surface area contributed by atoms with Crippen LogP contribution in [-0.4, -0.2) is 49.9 Å². The summed E-state index contributed by atoms with van der Waals surface area (Å²) in [4.78, 5) is 23.2. The summed E-state index contributed by atoms with van der Waals surface area (Å²) in [5, 5.41) is 20.4. The first-order chi connectivity index (χ1) is 17.6. The van der Waals surface area contributed by atoms with E-state index in [9.17, 15) is 9.18 Å². The van der Waals surface area contributed by atoms with Crippen LogP contribution in [0.15, 0.2) is 42.6 Å². The molecule has 3 aromatic heterocycles. The number of aromatic nitrogens is 6. The van der Waals surface area contributed by atoms with Crippen LogP contribution in [0, 0.1) is 12.7 Å². The molecule has 4 aromatic rings. The van der Waals surface area contributed by atoms with Crippen molar-refractivity contribution in [2.75, 3.05) is 29.6 Å². The van der Waals surface area contributed by atoms with E-state index in [-0.39, 0.29) is 17.2 Å². The van der Waals surface area contributed by atoms with Crippen LogP contribution >= 0.6 is 0 Å². The molecule has 0 radical (unpaired) electrons. The van der Waals surface area contributed by atoms with Crippen molar-refractivity contribution in [3.8, 4) is 5.69 Å². The smallest absolute Gasteiger partial charge is 0.273 e. The summed E-state index contributed by atoms with van der Waals surface area (Å²) >= 11 is 0. The summed E-state index contributed by atoms with van der Waals surface area (Å²) in [5.41, 5.74) is 2.12. The van der Waals surface area contributed by atoms with Crippen LogP contribution in [0.5, 0.6) is 0 Å². The van der Waals surface area contributed by atoms with Crippen LogP contribution < -0.4 is 20.9 Å². The standard InChI is InChI=1S/C22H21FN10O/c1-12-26-19-11-32(3)21-14(5-4-6-16(21)33(19)31-12)27-15-9-18(29-30-20(15)22(34)24-2)28-17-8-7-13(23)10-25-17/h4-10H,11H2,1-3H3,(H,24,34)(H2,25,27,28,29)/i2D3. The van der Waals surface area contributed by atoms with Gasteiger partial charge in [0.1, 0.15) is 17.5 Å². The molecular weight excluding hydrogens is 439 g/mol. The van der Waals surface area contributed by atoms with Crippen LogP contribution in [0.2, 0.25) is 0 Å². The van der Waals surface area contributed by atoms with Crippen molar-refractivity contribution >= 4 is 34.6 Å². The number of nitrogens with zero attached hydrogens (tertiary/aromatic N) is 7. The fourth-order valence-electron chi connectivity index (χ4n) is 3.75. The highest BCUT2D eigenvalue weighted by atomic mass is 19.1. The molecule has 0 aliphatic carbocycles. The number of hydrogen-bond acceptors (Lipinski definition) is 9. The van der Waals surface area contributed by atoms with Crippen LogP contribution in [0.1, 0.15) is 26.2 Å². The van der Waals surface area contributed by atoms with Gasteiger partial charge in [0.25, 0.3) is 5.91 Å². The third-order valence-corrected chi connectivity index (χ3v) is 5.16. The van der Waals surface area contributed by atoms with Gasteiger partial charge in [-0.05, 0) is 31.2 Å². The number of benzene rings is 1. The number of carbonyl (C=O) groups is 1. The molecular formula is C22H21FN10O. The maximum Gasteiger partial charge on any atom is 0.273 e. The highest BCUT2D eigenvalue weighted by Crippen LogP contribution is 2.38. The normalized spacial score (nSPS) is 13.7. The number of hydrogen-bond donors (Lipinski definition) is 3. The monoisotopic (exact) mass is 463 g/mol. The molecule has 1 aromatic carbocycles. The molecule has 11 nitrogen and oxygen atoms in total. The average molecular weight is 463 g/mol. The summed E-state index contributed by atoms with van der Waals surface area (Å²) < 4.78 is 37.2. The lowest BCUT2D eigenvalue weighted by molar-refractivity contribution is 0.0958. The number of carbonyl (C=O) groups excluding carboxylic acids is 1. The molecule has 0 saturated carbocycles. The Balaban J connectivity index is 1.56. The molecule has 4 heterocycles. The van der Waals surface area contributed by atoms with Crippen molar-refractivity contribution in [2.24, 2.45) is 0 Å². The second kappa shape index (κ2) is 8.39. The lowest BCUT2D eigenvalue weighted by Gasteiger charge is -2.29. The first-order valence-corrected chi connectivity index (χ1v) is 10.2. The molecule has 1 aliphatic rings. The molecule has 34 heavy (non-hydrogen) atoms. The van der Waals surface area contributed by atoms with Gasteiger partial charge in [0.05, 0.1) is 35.5 Å². The van der Waals surface area contributed by atoms with Gasteiger partial charge in [0, 0.05) is 24.2 Å². The van der Waals surface area contributed by atoms with E-state index in [0.29, 0.717) is 23.9 Å². The van der Waals surface area contributed by atoms with Crippen molar-refractivity contribution in [1.82, 2.24) is 35.3 Å². The van der Waals surface area contributed by atoms with Crippen molar-refractivity contribution < 1.29 is 13.3 Å². The maximum absolute atomic E-state index is 13.2. The molecule has 0 spiro atoms. The number of aryl methyl sites for hydroxylation is 1. The van der Waals surface area contributed by atoms with E-state index in [1.807, 2.05) is 42.4 Å². The summed E-state index contributed by atoms with van der Waals surface area (Å²) in [5.74, 6) is 0.479. The van der Waals surface area contributed by atoms with Crippen molar-refractivity contribution in [3.63, 3.8) is 0 Å². The topological polar surface area (TPSA) is 126 Å². The van der Waals surface area contributed by atoms with Gasteiger partial charge in [-0.2, -0.15) is 5.10 Å². The summed E-state index contributed by atoms with van der Waals surface area (Å²) in [6.07, 6.45) is 1.04. The number of para-hydroxylation sites is 1. The number of anilines is 5. The predicted octanol–water partition coefficient (Wildman–Crippen LogP) is 2.70. The summed E-state index contributed by atoms with van der Waals surface area (Å²) in [6.45, 7) is -0.412. The Hall–Kier alpha value is -4.61. The molecule has 3 N–H and O–H groups in total. The number of amides is 1. The zero-order chi connectivity index (χ0) is 26.3. The van der Waals surface area contributed by atoms with Gasteiger partial charge in [-0.25, -0.2) is 19.0 Å². The Bertz CT molecular complexity index is 1490. The highest BCUT2D eigenvalue weighted by Gasteiger charge is 2.25. The Kier molecular flexibility index (Phi) is 4.41. The van der Waals surface area contributed by atoms with Gasteiger partial charge in [0.15, 0.2) is 17.3 Å². The molecule has 172 valence electrons. The fraction of sp³-hybridized carbons (Fsp3) is 0.182. The van der Waals surface area contributed by atoms with E-state index in [0.717, 1.165) is 23.4 Å². The summed E-state index contributed by atoms with van der Waals surface area (Å²) in [6, 6.07) is 9.66. The molecule has 0 bridgehead atoms. The van der Waals surface area contributed by atoms with Crippen LogP contribution in [0.4, 0.5) is 33.1 Å². The van der Waals surface area contributed by atoms with Gasteiger partial charge in [-0.1, -0.05) is 6.07 Å². The Labute approximate surface area is 198 Å². The van der Waals surface area contributed by atoms with Crippen molar-refractivity contribution in [3.05, 3.63) is 65.8 Å². The lowest BCUT2D eigenvalue weighted by atomic mass is 10.1. The molecule has 5 rings (SSSR count). The minimum absolute atomic E-state index is 0.184. The van der Waals surface area contributed by atoms with Gasteiger partial charge >= 0.3 is 0 Å².